The molecule has 3 aromatic carbocycles. The van der Waals surface area contributed by atoms with Crippen LogP contribution in [-0.2, 0) is 4.74 Å². The molecule has 4 rings (SSSR count). The number of fused-ring (bicyclic) bond motifs is 1. The molecule has 0 saturated heterocycles. The molecule has 1 heterocycles. The number of methoxy groups -OCH3 is 1. The highest BCUT2D eigenvalue weighted by molar-refractivity contribution is 6.31. The Hall–Kier alpha value is -3.64. The van der Waals surface area contributed by atoms with Crippen LogP contribution in [0, 0.1) is 0 Å². The normalized spacial score (nSPS) is 10.7. The summed E-state index contributed by atoms with van der Waals surface area (Å²) in [6, 6.07) is 19.1. The number of aromatic nitrogens is 2. The molecule has 0 radical (unpaired) electrons. The van der Waals surface area contributed by atoms with E-state index in [1.54, 1.807) is 66.7 Å². The van der Waals surface area contributed by atoms with Crippen LogP contribution in [0.3, 0.4) is 0 Å². The molecule has 7 heteroatoms. The van der Waals surface area contributed by atoms with Crippen molar-refractivity contribution in [1.29, 1.82) is 0 Å². The van der Waals surface area contributed by atoms with Gasteiger partial charge >= 0.3 is 5.97 Å². The smallest absolute Gasteiger partial charge is 0.337 e. The minimum atomic E-state index is -0.392. The molecule has 0 atom stereocenters. The third-order valence-electron chi connectivity index (χ3n) is 4.41. The van der Waals surface area contributed by atoms with Crippen LogP contribution in [0.25, 0.3) is 22.4 Å². The zero-order valence-corrected chi connectivity index (χ0v) is 16.2. The standard InChI is InChI=1S/C22H16ClN3O3/c1-29-22(28)14-7-5-13(6-8-14)20-25-18-10-9-15(11-19(18)26-20)21(27)24-17-4-2-3-16(23)12-17/h2-12H,1H3,(H,24,27)(H,25,26). The number of nitrogens with one attached hydrogen (secondary N) is 2. The highest BCUT2D eigenvalue weighted by atomic mass is 35.5. The van der Waals surface area contributed by atoms with Crippen molar-refractivity contribution in [3.05, 3.63) is 82.9 Å². The first-order valence-electron chi connectivity index (χ1n) is 8.79. The van der Waals surface area contributed by atoms with E-state index in [1.807, 2.05) is 0 Å². The number of rotatable bonds is 4. The van der Waals surface area contributed by atoms with E-state index >= 15 is 0 Å². The monoisotopic (exact) mass is 405 g/mol. The van der Waals surface area contributed by atoms with Gasteiger partial charge in [0, 0.05) is 21.8 Å². The number of hydrogen-bond acceptors (Lipinski definition) is 4. The maximum absolute atomic E-state index is 12.5. The van der Waals surface area contributed by atoms with Crippen LogP contribution < -0.4 is 5.32 Å². The predicted molar refractivity (Wildman–Crippen MR) is 112 cm³/mol. The van der Waals surface area contributed by atoms with Gasteiger partial charge in [-0.3, -0.25) is 4.79 Å². The summed E-state index contributed by atoms with van der Waals surface area (Å²) in [6.07, 6.45) is 0. The first-order chi connectivity index (χ1) is 14.0. The van der Waals surface area contributed by atoms with Crippen molar-refractivity contribution in [2.24, 2.45) is 0 Å². The molecule has 29 heavy (non-hydrogen) atoms. The summed E-state index contributed by atoms with van der Waals surface area (Å²) in [6.45, 7) is 0. The predicted octanol–water partition coefficient (Wildman–Crippen LogP) is 4.92. The Bertz CT molecular complexity index is 1220. The van der Waals surface area contributed by atoms with Crippen LogP contribution in [0.5, 0.6) is 0 Å². The SMILES string of the molecule is COC(=O)c1ccc(-c2nc3ccc(C(=O)Nc4cccc(Cl)c4)cc3[nH]2)cc1. The number of anilines is 1. The summed E-state index contributed by atoms with van der Waals surface area (Å²) in [5.41, 5.74) is 3.87. The summed E-state index contributed by atoms with van der Waals surface area (Å²) in [7, 11) is 1.34. The van der Waals surface area contributed by atoms with E-state index in [9.17, 15) is 9.59 Å². The lowest BCUT2D eigenvalue weighted by Gasteiger charge is -2.05. The summed E-state index contributed by atoms with van der Waals surface area (Å²) in [5.74, 6) is 0.00748. The van der Waals surface area contributed by atoms with E-state index in [4.69, 9.17) is 16.3 Å². The maximum Gasteiger partial charge on any atom is 0.337 e. The number of esters is 1. The molecule has 2 N–H and O–H groups in total. The van der Waals surface area contributed by atoms with Crippen molar-refractivity contribution in [1.82, 2.24) is 9.97 Å². The van der Waals surface area contributed by atoms with Gasteiger partial charge in [-0.2, -0.15) is 0 Å². The number of carbonyl (C=O) groups is 2. The number of carbonyl (C=O) groups excluding carboxylic acids is 2. The first kappa shape index (κ1) is 18.7. The molecule has 1 amide bonds. The van der Waals surface area contributed by atoms with Gasteiger partial charge in [-0.25, -0.2) is 9.78 Å². The average Bonchev–Trinajstić information content (AvgIpc) is 3.16. The molecular formula is C22H16ClN3O3. The molecule has 0 saturated carbocycles. The lowest BCUT2D eigenvalue weighted by molar-refractivity contribution is 0.0600. The van der Waals surface area contributed by atoms with Gasteiger partial charge in [0.2, 0.25) is 0 Å². The topological polar surface area (TPSA) is 84.1 Å². The number of hydrogen-bond donors (Lipinski definition) is 2. The second-order valence-electron chi connectivity index (χ2n) is 6.35. The molecule has 4 aromatic rings. The second-order valence-corrected chi connectivity index (χ2v) is 6.79. The molecule has 0 unspecified atom stereocenters. The Morgan fingerprint density at radius 1 is 1.00 bits per heavy atom. The molecule has 144 valence electrons. The van der Waals surface area contributed by atoms with E-state index in [1.165, 1.54) is 7.11 Å². The molecule has 1 aromatic heterocycles. The third-order valence-corrected chi connectivity index (χ3v) is 4.64. The lowest BCUT2D eigenvalue weighted by atomic mass is 10.1. The van der Waals surface area contributed by atoms with Gasteiger partial charge in [-0.1, -0.05) is 29.8 Å². The van der Waals surface area contributed by atoms with Crippen molar-refractivity contribution in [3.8, 4) is 11.4 Å². The number of H-pyrrole nitrogens is 1. The Labute approximate surface area is 171 Å². The van der Waals surface area contributed by atoms with Crippen LogP contribution in [0.1, 0.15) is 20.7 Å². The summed E-state index contributed by atoms with van der Waals surface area (Å²) >= 11 is 5.96. The minimum Gasteiger partial charge on any atom is -0.465 e. The summed E-state index contributed by atoms with van der Waals surface area (Å²) in [5, 5.41) is 3.37. The van der Waals surface area contributed by atoms with E-state index in [0.717, 1.165) is 16.6 Å². The van der Waals surface area contributed by atoms with E-state index in [-0.39, 0.29) is 5.91 Å². The fourth-order valence-corrected chi connectivity index (χ4v) is 3.13. The zero-order chi connectivity index (χ0) is 20.4. The lowest BCUT2D eigenvalue weighted by Crippen LogP contribution is -2.11. The zero-order valence-electron chi connectivity index (χ0n) is 15.4. The van der Waals surface area contributed by atoms with Crippen molar-refractivity contribution in [3.63, 3.8) is 0 Å². The van der Waals surface area contributed by atoms with Gasteiger partial charge in [0.25, 0.3) is 5.91 Å². The van der Waals surface area contributed by atoms with Gasteiger partial charge in [0.15, 0.2) is 0 Å². The fraction of sp³-hybridized carbons (Fsp3) is 0.0455. The second kappa shape index (κ2) is 7.77. The van der Waals surface area contributed by atoms with Crippen LogP contribution in [-0.4, -0.2) is 29.0 Å². The number of amides is 1. The number of imidazole rings is 1. The van der Waals surface area contributed by atoms with Gasteiger partial charge < -0.3 is 15.0 Å². The third kappa shape index (κ3) is 3.97. The summed E-state index contributed by atoms with van der Waals surface area (Å²) < 4.78 is 4.71. The minimum absolute atomic E-state index is 0.243. The quantitative estimate of drug-likeness (QED) is 0.472. The van der Waals surface area contributed by atoms with E-state index in [2.05, 4.69) is 15.3 Å². The fourth-order valence-electron chi connectivity index (χ4n) is 2.94. The number of halogens is 1. The van der Waals surface area contributed by atoms with Crippen LogP contribution >= 0.6 is 11.6 Å². The first-order valence-corrected chi connectivity index (χ1v) is 9.17. The van der Waals surface area contributed by atoms with Crippen molar-refractivity contribution >= 4 is 40.2 Å². The molecule has 0 aliphatic carbocycles. The van der Waals surface area contributed by atoms with E-state index in [0.29, 0.717) is 27.7 Å². The number of aromatic amines is 1. The summed E-state index contributed by atoms with van der Waals surface area (Å²) in [4.78, 5) is 31.9. The van der Waals surface area contributed by atoms with Crippen LogP contribution in [0.4, 0.5) is 5.69 Å². The molecule has 0 aliphatic rings. The van der Waals surface area contributed by atoms with Gasteiger partial charge in [-0.15, -0.1) is 0 Å². The Kier molecular flexibility index (Phi) is 5.01. The van der Waals surface area contributed by atoms with Crippen molar-refractivity contribution < 1.29 is 14.3 Å². The van der Waals surface area contributed by atoms with Crippen molar-refractivity contribution in [2.45, 2.75) is 0 Å². The molecular weight excluding hydrogens is 390 g/mol. The average molecular weight is 406 g/mol. The molecule has 0 aliphatic heterocycles. The van der Waals surface area contributed by atoms with Crippen LogP contribution in [0.15, 0.2) is 66.7 Å². The molecule has 0 fully saturated rings. The molecule has 0 bridgehead atoms. The largest absolute Gasteiger partial charge is 0.465 e. The number of benzene rings is 3. The molecule has 0 spiro atoms. The van der Waals surface area contributed by atoms with Gasteiger partial charge in [-0.05, 0) is 48.5 Å². The maximum atomic E-state index is 12.5. The van der Waals surface area contributed by atoms with Gasteiger partial charge in [0.1, 0.15) is 5.82 Å². The van der Waals surface area contributed by atoms with E-state index < -0.39 is 5.97 Å². The van der Waals surface area contributed by atoms with Gasteiger partial charge in [0.05, 0.1) is 23.7 Å². The van der Waals surface area contributed by atoms with Crippen LogP contribution in [0.2, 0.25) is 5.02 Å². The van der Waals surface area contributed by atoms with Crippen molar-refractivity contribution in [2.75, 3.05) is 12.4 Å². The molecule has 6 nitrogen and oxygen atoms in total. The highest BCUT2D eigenvalue weighted by Gasteiger charge is 2.12. The highest BCUT2D eigenvalue weighted by Crippen LogP contribution is 2.23. The number of ether oxygens (including phenoxy) is 1. The Morgan fingerprint density at radius 2 is 1.76 bits per heavy atom. The Morgan fingerprint density at radius 3 is 2.48 bits per heavy atom. The number of nitrogens with zero attached hydrogens (tertiary/aromatic N) is 1. The Balaban J connectivity index is 1.59.